The molecule has 0 unspecified atom stereocenters. The van der Waals surface area contributed by atoms with E-state index in [1.807, 2.05) is 0 Å². The summed E-state index contributed by atoms with van der Waals surface area (Å²) in [5.41, 5.74) is 7.42. The molecule has 4 heteroatoms. The second kappa shape index (κ2) is 5.48. The van der Waals surface area contributed by atoms with Crippen molar-refractivity contribution in [3.63, 3.8) is 0 Å². The number of nitrogens with one attached hydrogen (secondary N) is 1. The fourth-order valence-corrected chi connectivity index (χ4v) is 1.96. The molecule has 3 N–H and O–H groups in total. The van der Waals surface area contributed by atoms with Crippen LogP contribution in [0.15, 0.2) is 30.0 Å². The highest BCUT2D eigenvalue weighted by atomic mass is 16.1. The van der Waals surface area contributed by atoms with E-state index in [9.17, 15) is 4.79 Å². The van der Waals surface area contributed by atoms with Crippen LogP contribution < -0.4 is 11.1 Å². The van der Waals surface area contributed by atoms with Crippen LogP contribution in [0.3, 0.4) is 0 Å². The zero-order chi connectivity index (χ0) is 12.1. The Hall–Kier alpha value is -1.84. The first-order valence-corrected chi connectivity index (χ1v) is 5.93. The third-order valence-corrected chi connectivity index (χ3v) is 2.84. The maximum Gasteiger partial charge on any atom is 0.228 e. The topological polar surface area (TPSA) is 68.0 Å². The number of aromatic nitrogens is 1. The average molecular weight is 231 g/mol. The van der Waals surface area contributed by atoms with Gasteiger partial charge in [0.15, 0.2) is 0 Å². The number of pyridine rings is 1. The molecule has 2 rings (SSSR count). The minimum atomic E-state index is 0.0183. The number of rotatable bonds is 3. The molecule has 0 fully saturated rings. The highest BCUT2D eigenvalue weighted by molar-refractivity contribution is 5.92. The van der Waals surface area contributed by atoms with Gasteiger partial charge in [0.05, 0.1) is 11.9 Å². The zero-order valence-electron chi connectivity index (χ0n) is 9.78. The van der Waals surface area contributed by atoms with Crippen molar-refractivity contribution in [2.75, 3.05) is 11.1 Å². The van der Waals surface area contributed by atoms with Crippen molar-refractivity contribution >= 4 is 17.4 Å². The van der Waals surface area contributed by atoms with Crippen molar-refractivity contribution in [1.29, 1.82) is 0 Å². The normalized spacial score (nSPS) is 15.2. The second-order valence-electron chi connectivity index (χ2n) is 4.30. The molecule has 0 saturated heterocycles. The molecule has 1 aliphatic carbocycles. The first-order valence-electron chi connectivity index (χ1n) is 5.93. The third kappa shape index (κ3) is 3.59. The molecular weight excluding hydrogens is 214 g/mol. The van der Waals surface area contributed by atoms with Crippen LogP contribution in [0, 0.1) is 0 Å². The molecule has 0 aromatic carbocycles. The lowest BCUT2D eigenvalue weighted by atomic mass is 9.97. The van der Waals surface area contributed by atoms with Gasteiger partial charge in [-0.05, 0) is 37.8 Å². The van der Waals surface area contributed by atoms with Crippen LogP contribution in [0.1, 0.15) is 32.1 Å². The largest absolute Gasteiger partial charge is 0.384 e. The molecule has 0 atom stereocenters. The zero-order valence-corrected chi connectivity index (χ0v) is 9.78. The van der Waals surface area contributed by atoms with Gasteiger partial charge in [0.1, 0.15) is 5.82 Å². The molecule has 1 heterocycles. The third-order valence-electron chi connectivity index (χ3n) is 2.84. The summed E-state index contributed by atoms with van der Waals surface area (Å²) in [4.78, 5) is 15.7. The van der Waals surface area contributed by atoms with Gasteiger partial charge in [-0.2, -0.15) is 0 Å². The van der Waals surface area contributed by atoms with Gasteiger partial charge in [0.2, 0.25) is 5.91 Å². The van der Waals surface area contributed by atoms with Crippen LogP contribution in [0.25, 0.3) is 0 Å². The van der Waals surface area contributed by atoms with Crippen molar-refractivity contribution in [2.24, 2.45) is 0 Å². The van der Waals surface area contributed by atoms with Gasteiger partial charge in [-0.15, -0.1) is 0 Å². The van der Waals surface area contributed by atoms with Gasteiger partial charge >= 0.3 is 0 Å². The molecule has 0 bridgehead atoms. The molecule has 1 aromatic rings. The van der Waals surface area contributed by atoms with Crippen molar-refractivity contribution < 1.29 is 4.79 Å². The summed E-state index contributed by atoms with van der Waals surface area (Å²) in [5.74, 6) is 0.475. The first-order chi connectivity index (χ1) is 8.24. The summed E-state index contributed by atoms with van der Waals surface area (Å²) >= 11 is 0. The van der Waals surface area contributed by atoms with Gasteiger partial charge in [-0.25, -0.2) is 4.98 Å². The fourth-order valence-electron chi connectivity index (χ4n) is 1.96. The van der Waals surface area contributed by atoms with E-state index >= 15 is 0 Å². The highest BCUT2D eigenvalue weighted by Gasteiger charge is 2.09. The Labute approximate surface area is 101 Å². The molecule has 1 amide bonds. The van der Waals surface area contributed by atoms with Gasteiger partial charge in [0, 0.05) is 6.42 Å². The average Bonchev–Trinajstić information content (AvgIpc) is 2.33. The second-order valence-corrected chi connectivity index (χ2v) is 4.30. The minimum Gasteiger partial charge on any atom is -0.384 e. The maximum absolute atomic E-state index is 11.8. The Morgan fingerprint density at radius 2 is 2.29 bits per heavy atom. The number of anilines is 2. The fraction of sp³-hybridized carbons (Fsp3) is 0.385. The molecule has 0 saturated carbocycles. The molecular formula is C13H17N3O. The van der Waals surface area contributed by atoms with Crippen LogP contribution in [-0.4, -0.2) is 10.9 Å². The van der Waals surface area contributed by atoms with E-state index in [0.717, 1.165) is 12.8 Å². The molecule has 0 spiro atoms. The lowest BCUT2D eigenvalue weighted by molar-refractivity contribution is -0.115. The van der Waals surface area contributed by atoms with E-state index in [0.29, 0.717) is 17.9 Å². The maximum atomic E-state index is 11.8. The Kier molecular flexibility index (Phi) is 3.75. The van der Waals surface area contributed by atoms with E-state index in [2.05, 4.69) is 16.4 Å². The molecule has 0 aliphatic heterocycles. The SMILES string of the molecule is Nc1ccc(NC(=O)CC2=CCCCC2)cn1. The van der Waals surface area contributed by atoms with Crippen LogP contribution in [0.5, 0.6) is 0 Å². The van der Waals surface area contributed by atoms with E-state index < -0.39 is 0 Å². The molecule has 1 aromatic heterocycles. The highest BCUT2D eigenvalue weighted by Crippen LogP contribution is 2.20. The van der Waals surface area contributed by atoms with Gasteiger partial charge in [0.25, 0.3) is 0 Å². The summed E-state index contributed by atoms with van der Waals surface area (Å²) < 4.78 is 0. The molecule has 4 nitrogen and oxygen atoms in total. The van der Waals surface area contributed by atoms with Crippen LogP contribution >= 0.6 is 0 Å². The first kappa shape index (κ1) is 11.6. The van der Waals surface area contributed by atoms with Crippen molar-refractivity contribution in [3.8, 4) is 0 Å². The summed E-state index contributed by atoms with van der Waals surface area (Å²) in [6.45, 7) is 0. The van der Waals surface area contributed by atoms with Crippen LogP contribution in [-0.2, 0) is 4.79 Å². The van der Waals surface area contributed by atoms with Crippen LogP contribution in [0.2, 0.25) is 0 Å². The van der Waals surface area contributed by atoms with Crippen molar-refractivity contribution in [1.82, 2.24) is 4.98 Å². The summed E-state index contributed by atoms with van der Waals surface area (Å²) in [7, 11) is 0. The predicted octanol–water partition coefficient (Wildman–Crippen LogP) is 2.49. The van der Waals surface area contributed by atoms with E-state index in [-0.39, 0.29) is 5.91 Å². The number of allylic oxidation sites excluding steroid dienone is 1. The lowest BCUT2D eigenvalue weighted by Crippen LogP contribution is -2.13. The van der Waals surface area contributed by atoms with Crippen LogP contribution in [0.4, 0.5) is 11.5 Å². The Bertz CT molecular complexity index is 423. The summed E-state index contributed by atoms with van der Waals surface area (Å²) in [6.07, 6.45) is 8.84. The van der Waals surface area contributed by atoms with E-state index in [1.54, 1.807) is 18.3 Å². The molecule has 17 heavy (non-hydrogen) atoms. The van der Waals surface area contributed by atoms with Crippen molar-refractivity contribution in [2.45, 2.75) is 32.1 Å². The molecule has 1 aliphatic rings. The summed E-state index contributed by atoms with van der Waals surface area (Å²) in [5, 5.41) is 2.82. The number of nitrogens with two attached hydrogens (primary N) is 1. The van der Waals surface area contributed by atoms with E-state index in [1.165, 1.54) is 18.4 Å². The van der Waals surface area contributed by atoms with Crippen molar-refractivity contribution in [3.05, 3.63) is 30.0 Å². The van der Waals surface area contributed by atoms with E-state index in [4.69, 9.17) is 5.73 Å². The number of carbonyl (C=O) groups is 1. The number of carbonyl (C=O) groups excluding carboxylic acids is 1. The standard InChI is InChI=1S/C13H17N3O/c14-12-7-6-11(9-15-12)16-13(17)8-10-4-2-1-3-5-10/h4,6-7,9H,1-3,5,8H2,(H2,14,15)(H,16,17). The Balaban J connectivity index is 1.88. The number of nitrogen functional groups attached to an aromatic ring is 1. The number of hydrogen-bond acceptors (Lipinski definition) is 3. The number of nitrogens with zero attached hydrogens (tertiary/aromatic N) is 1. The monoisotopic (exact) mass is 231 g/mol. The molecule has 0 radical (unpaired) electrons. The quantitative estimate of drug-likeness (QED) is 0.785. The van der Waals surface area contributed by atoms with Gasteiger partial charge < -0.3 is 11.1 Å². The Morgan fingerprint density at radius 1 is 1.41 bits per heavy atom. The number of amides is 1. The lowest BCUT2D eigenvalue weighted by Gasteiger charge is -2.12. The Morgan fingerprint density at radius 3 is 2.94 bits per heavy atom. The smallest absolute Gasteiger partial charge is 0.228 e. The molecule has 90 valence electrons. The summed E-state index contributed by atoms with van der Waals surface area (Å²) in [6, 6.07) is 3.44. The van der Waals surface area contributed by atoms with Gasteiger partial charge in [-0.1, -0.05) is 11.6 Å². The number of hydrogen-bond donors (Lipinski definition) is 2. The predicted molar refractivity (Wildman–Crippen MR) is 68.4 cm³/mol. The minimum absolute atomic E-state index is 0.0183. The van der Waals surface area contributed by atoms with Gasteiger partial charge in [-0.3, -0.25) is 4.79 Å².